The first-order valence-electron chi connectivity index (χ1n) is 8.28. The topological polar surface area (TPSA) is 21.3 Å². The summed E-state index contributed by atoms with van der Waals surface area (Å²) in [5, 5.41) is 3.73. The Bertz CT molecular complexity index is 250. The quantitative estimate of drug-likeness (QED) is 0.802. The van der Waals surface area contributed by atoms with E-state index in [4.69, 9.17) is 4.74 Å². The van der Waals surface area contributed by atoms with Crippen molar-refractivity contribution in [1.82, 2.24) is 5.32 Å². The summed E-state index contributed by atoms with van der Waals surface area (Å²) in [5.74, 6) is 0. The summed E-state index contributed by atoms with van der Waals surface area (Å²) in [6.07, 6.45) is 16.9. The maximum atomic E-state index is 6.64. The van der Waals surface area contributed by atoms with Crippen LogP contribution in [0.25, 0.3) is 0 Å². The highest BCUT2D eigenvalue weighted by molar-refractivity contribution is 4.92. The maximum Gasteiger partial charge on any atom is 0.0810 e. The molecule has 0 spiro atoms. The van der Waals surface area contributed by atoms with E-state index in [9.17, 15) is 0 Å². The fourth-order valence-corrected chi connectivity index (χ4v) is 3.69. The first-order chi connectivity index (χ1) is 8.86. The van der Waals surface area contributed by atoms with Gasteiger partial charge in [-0.25, -0.2) is 0 Å². The standard InChI is InChI=1S/C16H29NO/c1-3-7-15(8-4-1)18-16(11-5-2-6-12-16)13-17-14-9-10-14/h14-15,17H,1-13H2. The van der Waals surface area contributed by atoms with Gasteiger partial charge in [0.15, 0.2) is 0 Å². The second-order valence-corrected chi connectivity index (χ2v) is 6.78. The fourth-order valence-electron chi connectivity index (χ4n) is 3.69. The van der Waals surface area contributed by atoms with E-state index >= 15 is 0 Å². The Morgan fingerprint density at radius 2 is 1.50 bits per heavy atom. The molecule has 2 heteroatoms. The lowest BCUT2D eigenvalue weighted by Crippen LogP contribution is -2.47. The van der Waals surface area contributed by atoms with Crippen LogP contribution in [0.3, 0.4) is 0 Å². The molecule has 0 saturated heterocycles. The van der Waals surface area contributed by atoms with Crippen molar-refractivity contribution in [1.29, 1.82) is 0 Å². The Labute approximate surface area is 112 Å². The molecule has 3 saturated carbocycles. The molecule has 0 aromatic rings. The van der Waals surface area contributed by atoms with E-state index < -0.39 is 0 Å². The predicted molar refractivity (Wildman–Crippen MR) is 74.8 cm³/mol. The van der Waals surface area contributed by atoms with Crippen LogP contribution in [0, 0.1) is 0 Å². The molecular formula is C16H29NO. The molecule has 0 bridgehead atoms. The van der Waals surface area contributed by atoms with E-state index in [1.807, 2.05) is 0 Å². The van der Waals surface area contributed by atoms with Crippen LogP contribution < -0.4 is 5.32 Å². The number of nitrogens with one attached hydrogen (secondary N) is 1. The van der Waals surface area contributed by atoms with Gasteiger partial charge in [0, 0.05) is 12.6 Å². The smallest absolute Gasteiger partial charge is 0.0810 e. The van der Waals surface area contributed by atoms with Gasteiger partial charge in [-0.1, -0.05) is 38.5 Å². The van der Waals surface area contributed by atoms with Gasteiger partial charge in [-0.3, -0.25) is 0 Å². The largest absolute Gasteiger partial charge is 0.370 e. The average molecular weight is 251 g/mol. The van der Waals surface area contributed by atoms with Gasteiger partial charge in [-0.05, 0) is 38.5 Å². The minimum Gasteiger partial charge on any atom is -0.370 e. The summed E-state index contributed by atoms with van der Waals surface area (Å²) >= 11 is 0. The molecule has 0 atom stereocenters. The van der Waals surface area contributed by atoms with Gasteiger partial charge in [0.2, 0.25) is 0 Å². The van der Waals surface area contributed by atoms with E-state index in [1.165, 1.54) is 77.0 Å². The third-order valence-corrected chi connectivity index (χ3v) is 5.02. The lowest BCUT2D eigenvalue weighted by atomic mass is 9.83. The first-order valence-corrected chi connectivity index (χ1v) is 8.28. The van der Waals surface area contributed by atoms with Crippen molar-refractivity contribution < 1.29 is 4.74 Å². The summed E-state index contributed by atoms with van der Waals surface area (Å²) in [7, 11) is 0. The molecule has 3 aliphatic carbocycles. The van der Waals surface area contributed by atoms with E-state index in [1.54, 1.807) is 0 Å². The van der Waals surface area contributed by atoms with Gasteiger partial charge in [-0.2, -0.15) is 0 Å². The first kappa shape index (κ1) is 12.9. The molecule has 104 valence electrons. The third-order valence-electron chi connectivity index (χ3n) is 5.02. The molecular weight excluding hydrogens is 222 g/mol. The average Bonchev–Trinajstić information content (AvgIpc) is 3.23. The lowest BCUT2D eigenvalue weighted by Gasteiger charge is -2.41. The summed E-state index contributed by atoms with van der Waals surface area (Å²) in [6, 6.07) is 0.818. The van der Waals surface area contributed by atoms with Crippen LogP contribution in [-0.2, 0) is 4.74 Å². The molecule has 3 rings (SSSR count). The second kappa shape index (κ2) is 5.92. The van der Waals surface area contributed by atoms with E-state index in [0.717, 1.165) is 12.6 Å². The van der Waals surface area contributed by atoms with E-state index in [0.29, 0.717) is 6.10 Å². The Hall–Kier alpha value is -0.0800. The van der Waals surface area contributed by atoms with Crippen molar-refractivity contribution in [2.75, 3.05) is 6.54 Å². The summed E-state index contributed by atoms with van der Waals surface area (Å²) in [6.45, 7) is 1.12. The highest BCUT2D eigenvalue weighted by atomic mass is 16.5. The Morgan fingerprint density at radius 1 is 0.833 bits per heavy atom. The predicted octanol–water partition coefficient (Wildman–Crippen LogP) is 3.79. The molecule has 18 heavy (non-hydrogen) atoms. The zero-order valence-corrected chi connectivity index (χ0v) is 11.8. The number of hydrogen-bond acceptors (Lipinski definition) is 2. The highest BCUT2D eigenvalue weighted by Gasteiger charge is 2.37. The fraction of sp³-hybridized carbons (Fsp3) is 1.00. The van der Waals surface area contributed by atoms with Gasteiger partial charge in [0.05, 0.1) is 11.7 Å². The van der Waals surface area contributed by atoms with Crippen molar-refractivity contribution in [2.24, 2.45) is 0 Å². The molecule has 1 N–H and O–H groups in total. The Kier molecular flexibility index (Phi) is 4.25. The molecule has 0 aliphatic heterocycles. The summed E-state index contributed by atoms with van der Waals surface area (Å²) in [4.78, 5) is 0. The monoisotopic (exact) mass is 251 g/mol. The number of hydrogen-bond donors (Lipinski definition) is 1. The van der Waals surface area contributed by atoms with Crippen LogP contribution in [0.5, 0.6) is 0 Å². The summed E-state index contributed by atoms with van der Waals surface area (Å²) < 4.78 is 6.64. The minimum atomic E-state index is 0.197. The van der Waals surface area contributed by atoms with Gasteiger partial charge in [-0.15, -0.1) is 0 Å². The van der Waals surface area contributed by atoms with Gasteiger partial charge in [0.1, 0.15) is 0 Å². The van der Waals surface area contributed by atoms with E-state index in [2.05, 4.69) is 5.32 Å². The molecule has 0 heterocycles. The SMILES string of the molecule is C1CCC(OC2(CNC3CC3)CCCCC2)CC1. The summed E-state index contributed by atoms with van der Waals surface area (Å²) in [5.41, 5.74) is 0.197. The van der Waals surface area contributed by atoms with Crippen molar-refractivity contribution >= 4 is 0 Å². The Morgan fingerprint density at radius 3 is 2.17 bits per heavy atom. The lowest BCUT2D eigenvalue weighted by molar-refractivity contribution is -0.122. The highest BCUT2D eigenvalue weighted by Crippen LogP contribution is 2.36. The zero-order valence-electron chi connectivity index (χ0n) is 11.8. The molecule has 0 amide bonds. The van der Waals surface area contributed by atoms with Gasteiger partial charge < -0.3 is 10.1 Å². The number of ether oxygens (including phenoxy) is 1. The van der Waals surface area contributed by atoms with Crippen molar-refractivity contribution in [2.45, 2.75) is 94.8 Å². The minimum absolute atomic E-state index is 0.197. The van der Waals surface area contributed by atoms with Crippen LogP contribution in [0.2, 0.25) is 0 Å². The molecule has 0 aromatic heterocycles. The van der Waals surface area contributed by atoms with Crippen LogP contribution in [0.4, 0.5) is 0 Å². The second-order valence-electron chi connectivity index (χ2n) is 6.78. The maximum absolute atomic E-state index is 6.64. The van der Waals surface area contributed by atoms with Crippen molar-refractivity contribution in [3.8, 4) is 0 Å². The van der Waals surface area contributed by atoms with Crippen LogP contribution in [0.1, 0.15) is 77.0 Å². The molecule has 0 unspecified atom stereocenters. The van der Waals surface area contributed by atoms with Crippen LogP contribution >= 0.6 is 0 Å². The molecule has 0 radical (unpaired) electrons. The van der Waals surface area contributed by atoms with Crippen LogP contribution in [-0.4, -0.2) is 24.3 Å². The van der Waals surface area contributed by atoms with Crippen molar-refractivity contribution in [3.05, 3.63) is 0 Å². The molecule has 0 aromatic carbocycles. The zero-order chi connectivity index (χ0) is 12.3. The number of rotatable bonds is 5. The molecule has 3 aliphatic rings. The van der Waals surface area contributed by atoms with Gasteiger partial charge >= 0.3 is 0 Å². The normalized spacial score (nSPS) is 29.3. The third kappa shape index (κ3) is 3.48. The van der Waals surface area contributed by atoms with Gasteiger partial charge in [0.25, 0.3) is 0 Å². The molecule has 2 nitrogen and oxygen atoms in total. The van der Waals surface area contributed by atoms with E-state index in [-0.39, 0.29) is 5.60 Å². The Balaban J connectivity index is 1.55. The molecule has 3 fully saturated rings. The van der Waals surface area contributed by atoms with Crippen LogP contribution in [0.15, 0.2) is 0 Å². The van der Waals surface area contributed by atoms with Crippen molar-refractivity contribution in [3.63, 3.8) is 0 Å².